The van der Waals surface area contributed by atoms with Crippen LogP contribution in [0.1, 0.15) is 32.3 Å². The van der Waals surface area contributed by atoms with Gasteiger partial charge in [-0.2, -0.15) is 0 Å². The summed E-state index contributed by atoms with van der Waals surface area (Å²) >= 11 is 0. The molecule has 2 rings (SSSR count). The number of amides is 1. The van der Waals surface area contributed by atoms with E-state index in [1.807, 2.05) is 30.3 Å². The molecule has 0 aliphatic carbocycles. The van der Waals surface area contributed by atoms with Crippen LogP contribution in [0.5, 0.6) is 0 Å². The van der Waals surface area contributed by atoms with Crippen LogP contribution < -0.4 is 5.32 Å². The van der Waals surface area contributed by atoms with Crippen molar-refractivity contribution in [2.45, 2.75) is 39.3 Å². The van der Waals surface area contributed by atoms with Crippen molar-refractivity contribution in [1.29, 1.82) is 0 Å². The van der Waals surface area contributed by atoms with Gasteiger partial charge in [0.1, 0.15) is 6.61 Å². The van der Waals surface area contributed by atoms with Gasteiger partial charge in [-0.05, 0) is 30.2 Å². The molecule has 4 nitrogen and oxygen atoms in total. The van der Waals surface area contributed by atoms with Gasteiger partial charge in [-0.1, -0.05) is 44.2 Å². The topological polar surface area (TPSA) is 47.6 Å². The van der Waals surface area contributed by atoms with Crippen LogP contribution in [-0.4, -0.2) is 25.3 Å². The fraction of sp³-hybridized carbons (Fsp3) is 0.588. The zero-order chi connectivity index (χ0) is 15.1. The molecule has 116 valence electrons. The standard InChI is InChI=1S/C17H25NO3/c1-13-8-16(9-14(2)11-20-10-13)18-17(19)21-12-15-6-4-3-5-7-15/h3-7,13-14,16H,8-12H2,1-2H3,(H,18,19). The van der Waals surface area contributed by atoms with Crippen molar-refractivity contribution in [3.05, 3.63) is 35.9 Å². The van der Waals surface area contributed by atoms with E-state index in [4.69, 9.17) is 9.47 Å². The van der Waals surface area contributed by atoms with E-state index in [0.717, 1.165) is 31.6 Å². The lowest BCUT2D eigenvalue weighted by Crippen LogP contribution is -2.39. The Labute approximate surface area is 126 Å². The van der Waals surface area contributed by atoms with Crippen LogP contribution in [0, 0.1) is 11.8 Å². The van der Waals surface area contributed by atoms with Crippen LogP contribution in [0.3, 0.4) is 0 Å². The summed E-state index contributed by atoms with van der Waals surface area (Å²) in [5.74, 6) is 0.911. The molecule has 2 unspecified atom stereocenters. The summed E-state index contributed by atoms with van der Waals surface area (Å²) in [5.41, 5.74) is 1.00. The first-order chi connectivity index (χ1) is 10.1. The smallest absolute Gasteiger partial charge is 0.407 e. The second kappa shape index (κ2) is 8.03. The predicted octanol–water partition coefficient (Wildman–Crippen LogP) is 3.36. The van der Waals surface area contributed by atoms with Gasteiger partial charge in [-0.15, -0.1) is 0 Å². The Bertz CT molecular complexity index is 423. The lowest BCUT2D eigenvalue weighted by molar-refractivity contribution is 0.0503. The van der Waals surface area contributed by atoms with E-state index in [2.05, 4.69) is 19.2 Å². The summed E-state index contributed by atoms with van der Waals surface area (Å²) in [6.07, 6.45) is 1.54. The summed E-state index contributed by atoms with van der Waals surface area (Å²) in [4.78, 5) is 11.9. The van der Waals surface area contributed by atoms with E-state index in [0.29, 0.717) is 18.4 Å². The third-order valence-electron chi connectivity index (χ3n) is 3.71. The maximum Gasteiger partial charge on any atom is 0.407 e. The van der Waals surface area contributed by atoms with Crippen LogP contribution in [0.25, 0.3) is 0 Å². The molecule has 1 saturated heterocycles. The van der Waals surface area contributed by atoms with E-state index < -0.39 is 0 Å². The summed E-state index contributed by atoms with van der Waals surface area (Å²) < 4.78 is 10.9. The van der Waals surface area contributed by atoms with Crippen molar-refractivity contribution < 1.29 is 14.3 Å². The Kier molecular flexibility index (Phi) is 6.05. The molecule has 0 spiro atoms. The molecule has 1 aliphatic heterocycles. The molecule has 0 radical (unpaired) electrons. The van der Waals surface area contributed by atoms with E-state index in [1.165, 1.54) is 0 Å². The molecule has 1 aromatic rings. The number of ether oxygens (including phenoxy) is 2. The fourth-order valence-electron chi connectivity index (χ4n) is 2.72. The Morgan fingerprint density at radius 3 is 2.43 bits per heavy atom. The highest BCUT2D eigenvalue weighted by molar-refractivity contribution is 5.67. The van der Waals surface area contributed by atoms with Crippen molar-refractivity contribution in [2.24, 2.45) is 11.8 Å². The van der Waals surface area contributed by atoms with Crippen LogP contribution >= 0.6 is 0 Å². The average molecular weight is 291 g/mol. The van der Waals surface area contributed by atoms with Crippen molar-refractivity contribution in [3.8, 4) is 0 Å². The highest BCUT2D eigenvalue weighted by Gasteiger charge is 2.22. The largest absolute Gasteiger partial charge is 0.445 e. The molecule has 1 aromatic carbocycles. The lowest BCUT2D eigenvalue weighted by atomic mass is 9.93. The molecule has 1 N–H and O–H groups in total. The highest BCUT2D eigenvalue weighted by Crippen LogP contribution is 2.18. The molecule has 0 bridgehead atoms. The summed E-state index contributed by atoms with van der Waals surface area (Å²) in [6, 6.07) is 9.89. The lowest BCUT2D eigenvalue weighted by Gasteiger charge is -2.28. The number of hydrogen-bond donors (Lipinski definition) is 1. The third kappa shape index (κ3) is 5.76. The average Bonchev–Trinajstić information content (AvgIpc) is 2.44. The van der Waals surface area contributed by atoms with Crippen molar-refractivity contribution in [1.82, 2.24) is 5.32 Å². The van der Waals surface area contributed by atoms with Gasteiger partial charge in [-0.25, -0.2) is 4.79 Å². The molecular formula is C17H25NO3. The van der Waals surface area contributed by atoms with Crippen LogP contribution in [0.4, 0.5) is 4.79 Å². The molecule has 0 aromatic heterocycles. The van der Waals surface area contributed by atoms with Crippen molar-refractivity contribution in [3.63, 3.8) is 0 Å². The van der Waals surface area contributed by atoms with Gasteiger partial charge in [-0.3, -0.25) is 0 Å². The minimum atomic E-state index is -0.329. The molecule has 1 fully saturated rings. The number of carbonyl (C=O) groups excluding carboxylic acids is 1. The van der Waals surface area contributed by atoms with E-state index in [1.54, 1.807) is 0 Å². The minimum absolute atomic E-state index is 0.169. The first-order valence-electron chi connectivity index (χ1n) is 7.68. The zero-order valence-corrected chi connectivity index (χ0v) is 12.9. The second-order valence-corrected chi connectivity index (χ2v) is 6.12. The third-order valence-corrected chi connectivity index (χ3v) is 3.71. The van der Waals surface area contributed by atoms with E-state index in [-0.39, 0.29) is 12.1 Å². The molecule has 1 heterocycles. The Morgan fingerprint density at radius 1 is 1.19 bits per heavy atom. The Morgan fingerprint density at radius 2 is 1.81 bits per heavy atom. The number of benzene rings is 1. The summed E-state index contributed by atoms with van der Waals surface area (Å²) in [7, 11) is 0. The quantitative estimate of drug-likeness (QED) is 0.929. The van der Waals surface area contributed by atoms with Gasteiger partial charge < -0.3 is 14.8 Å². The molecule has 21 heavy (non-hydrogen) atoms. The SMILES string of the molecule is CC1COCC(C)CC(NC(=O)OCc2ccccc2)C1. The van der Waals surface area contributed by atoms with Gasteiger partial charge in [0.2, 0.25) is 0 Å². The number of hydrogen-bond acceptors (Lipinski definition) is 3. The predicted molar refractivity (Wildman–Crippen MR) is 81.9 cm³/mol. The molecule has 0 saturated carbocycles. The fourth-order valence-corrected chi connectivity index (χ4v) is 2.72. The van der Waals surface area contributed by atoms with Crippen LogP contribution in [-0.2, 0) is 16.1 Å². The van der Waals surface area contributed by atoms with Gasteiger partial charge in [0.05, 0.1) is 0 Å². The molecule has 1 aliphatic rings. The Hall–Kier alpha value is -1.55. The minimum Gasteiger partial charge on any atom is -0.445 e. The van der Waals surface area contributed by atoms with E-state index in [9.17, 15) is 4.79 Å². The maximum atomic E-state index is 11.9. The first-order valence-corrected chi connectivity index (χ1v) is 7.68. The first kappa shape index (κ1) is 15.8. The molecular weight excluding hydrogens is 266 g/mol. The van der Waals surface area contributed by atoms with E-state index >= 15 is 0 Å². The van der Waals surface area contributed by atoms with Gasteiger partial charge in [0.15, 0.2) is 0 Å². The molecule has 4 heteroatoms. The second-order valence-electron chi connectivity index (χ2n) is 6.12. The summed E-state index contributed by atoms with van der Waals surface area (Å²) in [6.45, 7) is 6.15. The number of nitrogens with one attached hydrogen (secondary N) is 1. The number of carbonyl (C=O) groups is 1. The zero-order valence-electron chi connectivity index (χ0n) is 12.9. The normalized spacial score (nSPS) is 26.5. The number of alkyl carbamates (subject to hydrolysis) is 1. The monoisotopic (exact) mass is 291 g/mol. The van der Waals surface area contributed by atoms with Gasteiger partial charge in [0, 0.05) is 19.3 Å². The number of rotatable bonds is 3. The van der Waals surface area contributed by atoms with Gasteiger partial charge in [0.25, 0.3) is 0 Å². The highest BCUT2D eigenvalue weighted by atomic mass is 16.5. The molecule has 1 amide bonds. The Balaban J connectivity index is 1.79. The van der Waals surface area contributed by atoms with Crippen molar-refractivity contribution in [2.75, 3.05) is 13.2 Å². The molecule has 2 atom stereocenters. The maximum absolute atomic E-state index is 11.9. The van der Waals surface area contributed by atoms with Crippen LogP contribution in [0.15, 0.2) is 30.3 Å². The van der Waals surface area contributed by atoms with Gasteiger partial charge >= 0.3 is 6.09 Å². The van der Waals surface area contributed by atoms with Crippen molar-refractivity contribution >= 4 is 6.09 Å². The van der Waals surface area contributed by atoms with Crippen LogP contribution in [0.2, 0.25) is 0 Å². The summed E-state index contributed by atoms with van der Waals surface area (Å²) in [5, 5.41) is 3.00.